The summed E-state index contributed by atoms with van der Waals surface area (Å²) in [7, 11) is 2.77. The van der Waals surface area contributed by atoms with Gasteiger partial charge >= 0.3 is 5.97 Å². The summed E-state index contributed by atoms with van der Waals surface area (Å²) in [6.07, 6.45) is 0. The number of ether oxygens (including phenoxy) is 2. The molecule has 0 saturated heterocycles. The zero-order chi connectivity index (χ0) is 16.9. The number of aliphatic carboxylic acids is 1. The van der Waals surface area contributed by atoms with Gasteiger partial charge < -0.3 is 25.2 Å². The van der Waals surface area contributed by atoms with Crippen LogP contribution in [-0.4, -0.2) is 54.6 Å². The number of hydrogen-bond acceptors (Lipinski definition) is 5. The number of rotatable bonds is 7. The molecule has 0 fully saturated rings. The van der Waals surface area contributed by atoms with E-state index in [1.54, 1.807) is 0 Å². The monoisotopic (exact) mass is 310 g/mol. The van der Waals surface area contributed by atoms with E-state index in [1.807, 2.05) is 0 Å². The van der Waals surface area contributed by atoms with Crippen molar-refractivity contribution < 1.29 is 29.0 Å². The van der Waals surface area contributed by atoms with E-state index in [2.05, 4.69) is 0 Å². The molecule has 0 saturated carbocycles. The first-order chi connectivity index (χ1) is 10.3. The van der Waals surface area contributed by atoms with Crippen LogP contribution in [0.5, 0.6) is 11.5 Å². The van der Waals surface area contributed by atoms with Gasteiger partial charge in [0.1, 0.15) is 6.04 Å². The van der Waals surface area contributed by atoms with E-state index in [1.165, 1.54) is 39.3 Å². The number of carboxylic acid groups (broad SMARTS) is 1. The minimum Gasteiger partial charge on any atom is -0.493 e. The van der Waals surface area contributed by atoms with Crippen molar-refractivity contribution in [3.05, 3.63) is 23.8 Å². The normalized spacial score (nSPS) is 11.4. The van der Waals surface area contributed by atoms with Crippen molar-refractivity contribution in [1.29, 1.82) is 0 Å². The van der Waals surface area contributed by atoms with Crippen LogP contribution >= 0.6 is 0 Å². The average Bonchev–Trinajstić information content (AvgIpc) is 2.50. The predicted octanol–water partition coefficient (Wildman–Crippen LogP) is 0.104. The van der Waals surface area contributed by atoms with E-state index in [4.69, 9.17) is 20.3 Å². The summed E-state index contributed by atoms with van der Waals surface area (Å²) < 4.78 is 10.2. The number of nitrogens with zero attached hydrogens (tertiary/aromatic N) is 1. The van der Waals surface area contributed by atoms with Crippen LogP contribution in [0.1, 0.15) is 17.3 Å². The Morgan fingerprint density at radius 2 is 1.95 bits per heavy atom. The topological polar surface area (TPSA) is 119 Å². The summed E-state index contributed by atoms with van der Waals surface area (Å²) in [6, 6.07) is 3.34. The van der Waals surface area contributed by atoms with Crippen molar-refractivity contribution in [1.82, 2.24) is 4.90 Å². The number of methoxy groups -OCH3 is 1. The van der Waals surface area contributed by atoms with Crippen LogP contribution in [0, 0.1) is 0 Å². The molecule has 1 aromatic rings. The average molecular weight is 310 g/mol. The summed E-state index contributed by atoms with van der Waals surface area (Å²) in [5.41, 5.74) is 5.23. The third kappa shape index (κ3) is 4.11. The predicted molar refractivity (Wildman–Crippen MR) is 76.9 cm³/mol. The van der Waals surface area contributed by atoms with Crippen LogP contribution in [0.2, 0.25) is 0 Å². The zero-order valence-electron chi connectivity index (χ0n) is 12.5. The molecule has 1 atom stereocenters. The molecule has 8 heteroatoms. The fraction of sp³-hybridized carbons (Fsp3) is 0.357. The van der Waals surface area contributed by atoms with Gasteiger partial charge in [-0.3, -0.25) is 9.59 Å². The molecule has 0 radical (unpaired) electrons. The van der Waals surface area contributed by atoms with Crippen molar-refractivity contribution in [3.8, 4) is 11.5 Å². The molecule has 0 bridgehead atoms. The number of benzene rings is 1. The lowest BCUT2D eigenvalue weighted by Crippen LogP contribution is -2.40. The van der Waals surface area contributed by atoms with Gasteiger partial charge in [0.15, 0.2) is 18.1 Å². The van der Waals surface area contributed by atoms with Gasteiger partial charge in [-0.2, -0.15) is 0 Å². The second-order valence-corrected chi connectivity index (χ2v) is 4.55. The van der Waals surface area contributed by atoms with E-state index in [-0.39, 0.29) is 23.7 Å². The van der Waals surface area contributed by atoms with Gasteiger partial charge in [0, 0.05) is 12.6 Å². The number of likely N-dealkylation sites (N-methyl/N-ethyl adjacent to an activating group) is 1. The van der Waals surface area contributed by atoms with E-state index < -0.39 is 23.8 Å². The Labute approximate surface area is 127 Å². The Balaban J connectivity index is 2.99. The number of hydrogen-bond donors (Lipinski definition) is 2. The van der Waals surface area contributed by atoms with Crippen LogP contribution < -0.4 is 15.2 Å². The number of carbonyl (C=O) groups is 3. The lowest BCUT2D eigenvalue weighted by atomic mass is 10.1. The quantitative estimate of drug-likeness (QED) is 0.737. The van der Waals surface area contributed by atoms with Crippen LogP contribution in [0.4, 0.5) is 0 Å². The summed E-state index contributed by atoms with van der Waals surface area (Å²) >= 11 is 0. The zero-order valence-corrected chi connectivity index (χ0v) is 12.5. The fourth-order valence-electron chi connectivity index (χ4n) is 1.61. The van der Waals surface area contributed by atoms with Gasteiger partial charge in [0.05, 0.1) is 7.11 Å². The van der Waals surface area contributed by atoms with Crippen LogP contribution in [0.25, 0.3) is 0 Å². The van der Waals surface area contributed by atoms with Crippen molar-refractivity contribution in [2.75, 3.05) is 20.8 Å². The van der Waals surface area contributed by atoms with E-state index in [0.29, 0.717) is 0 Å². The number of primary amides is 1. The number of carbonyl (C=O) groups excluding carboxylic acids is 2. The first kappa shape index (κ1) is 17.3. The molecule has 120 valence electrons. The Morgan fingerprint density at radius 1 is 1.32 bits per heavy atom. The Hall–Kier alpha value is -2.77. The number of nitrogens with two attached hydrogens (primary N) is 1. The molecule has 1 aromatic carbocycles. The highest BCUT2D eigenvalue weighted by Gasteiger charge is 2.23. The minimum absolute atomic E-state index is 0.235. The first-order valence-corrected chi connectivity index (χ1v) is 6.37. The molecule has 1 unspecified atom stereocenters. The number of carboxylic acids is 1. The Bertz CT molecular complexity index is 587. The van der Waals surface area contributed by atoms with Gasteiger partial charge in [0.2, 0.25) is 0 Å². The van der Waals surface area contributed by atoms with E-state index >= 15 is 0 Å². The SMILES string of the molecule is COc1cc(C(=O)N(C)C(C)C(=O)O)ccc1OCC(N)=O. The Morgan fingerprint density at radius 3 is 2.45 bits per heavy atom. The van der Waals surface area contributed by atoms with E-state index in [0.717, 1.165) is 4.90 Å². The third-order valence-corrected chi connectivity index (χ3v) is 3.04. The van der Waals surface area contributed by atoms with Crippen molar-refractivity contribution in [2.45, 2.75) is 13.0 Å². The smallest absolute Gasteiger partial charge is 0.326 e. The van der Waals surface area contributed by atoms with Crippen molar-refractivity contribution in [3.63, 3.8) is 0 Å². The molecule has 2 amide bonds. The van der Waals surface area contributed by atoms with Gasteiger partial charge in [-0.1, -0.05) is 0 Å². The minimum atomic E-state index is -1.11. The Kier molecular flexibility index (Phi) is 5.73. The second-order valence-electron chi connectivity index (χ2n) is 4.55. The molecule has 0 aliphatic heterocycles. The van der Waals surface area contributed by atoms with Crippen LogP contribution in [0.3, 0.4) is 0 Å². The van der Waals surface area contributed by atoms with Gasteiger partial charge in [-0.05, 0) is 25.1 Å². The molecule has 22 heavy (non-hydrogen) atoms. The highest BCUT2D eigenvalue weighted by molar-refractivity contribution is 5.97. The lowest BCUT2D eigenvalue weighted by Gasteiger charge is -2.22. The number of amides is 2. The molecule has 0 aliphatic rings. The standard InChI is InChI=1S/C14H18N2O6/c1-8(14(19)20)16(2)13(18)9-4-5-10(11(6-9)21-3)22-7-12(15)17/h4-6,8H,7H2,1-3H3,(H2,15,17)(H,19,20). The largest absolute Gasteiger partial charge is 0.493 e. The maximum Gasteiger partial charge on any atom is 0.326 e. The highest BCUT2D eigenvalue weighted by Crippen LogP contribution is 2.28. The molecule has 0 heterocycles. The lowest BCUT2D eigenvalue weighted by molar-refractivity contribution is -0.141. The van der Waals surface area contributed by atoms with Crippen molar-refractivity contribution in [2.24, 2.45) is 5.73 Å². The molecule has 3 N–H and O–H groups in total. The van der Waals surface area contributed by atoms with E-state index in [9.17, 15) is 14.4 Å². The summed E-state index contributed by atoms with van der Waals surface area (Å²) in [6.45, 7) is 1.08. The third-order valence-electron chi connectivity index (χ3n) is 3.04. The van der Waals surface area contributed by atoms with Crippen LogP contribution in [0.15, 0.2) is 18.2 Å². The molecule has 8 nitrogen and oxygen atoms in total. The molecule has 0 spiro atoms. The summed E-state index contributed by atoms with van der Waals surface area (Å²) in [5.74, 6) is -1.73. The summed E-state index contributed by atoms with van der Waals surface area (Å²) in [5, 5.41) is 8.93. The summed E-state index contributed by atoms with van der Waals surface area (Å²) in [4.78, 5) is 35.0. The van der Waals surface area contributed by atoms with Gasteiger partial charge in [-0.25, -0.2) is 4.79 Å². The first-order valence-electron chi connectivity index (χ1n) is 6.37. The second kappa shape index (κ2) is 7.30. The van der Waals surface area contributed by atoms with Gasteiger partial charge in [0.25, 0.3) is 11.8 Å². The molecular formula is C14H18N2O6. The van der Waals surface area contributed by atoms with Crippen LogP contribution in [-0.2, 0) is 9.59 Å². The maximum atomic E-state index is 12.2. The molecule has 0 aliphatic carbocycles. The molecule has 0 aromatic heterocycles. The van der Waals surface area contributed by atoms with Crippen molar-refractivity contribution >= 4 is 17.8 Å². The molecular weight excluding hydrogens is 292 g/mol. The fourth-order valence-corrected chi connectivity index (χ4v) is 1.61. The highest BCUT2D eigenvalue weighted by atomic mass is 16.5. The molecule has 1 rings (SSSR count). The van der Waals surface area contributed by atoms with Gasteiger partial charge in [-0.15, -0.1) is 0 Å². The maximum absolute atomic E-state index is 12.2.